The monoisotopic (exact) mass is 482 g/mol. The van der Waals surface area contributed by atoms with Crippen molar-refractivity contribution in [1.82, 2.24) is 5.32 Å². The van der Waals surface area contributed by atoms with Crippen molar-refractivity contribution in [1.29, 1.82) is 0 Å². The summed E-state index contributed by atoms with van der Waals surface area (Å²) in [5.41, 5.74) is 4.81. The van der Waals surface area contributed by atoms with E-state index in [1.807, 2.05) is 19.2 Å². The number of hydrogen-bond acceptors (Lipinski definition) is 2. The number of primary amides is 1. The van der Waals surface area contributed by atoms with Crippen LogP contribution in [-0.4, -0.2) is 16.3 Å². The summed E-state index contributed by atoms with van der Waals surface area (Å²) in [7, 11) is 0. The van der Waals surface area contributed by atoms with Gasteiger partial charge in [-0.25, -0.2) is 4.79 Å². The molecule has 0 aromatic rings. The number of imide groups is 1. The van der Waals surface area contributed by atoms with E-state index in [2.05, 4.69) is 29.8 Å². The fraction of sp³-hybridized carbons (Fsp3) is 0.905. The summed E-state index contributed by atoms with van der Waals surface area (Å²) in [5.74, 6) is -0.375. The molecule has 0 aliphatic heterocycles. The molecule has 0 saturated heterocycles. The van der Waals surface area contributed by atoms with Crippen molar-refractivity contribution in [2.75, 3.05) is 0 Å². The van der Waals surface area contributed by atoms with E-state index in [-0.39, 0.29) is 67.9 Å². The second-order valence-corrected chi connectivity index (χ2v) is 8.54. The van der Waals surface area contributed by atoms with Crippen LogP contribution < -0.4 is 70.2 Å². The van der Waals surface area contributed by atoms with Crippen LogP contribution in [0.25, 0.3) is 0 Å². The Labute approximate surface area is 230 Å². The number of rotatable bonds is 14. The van der Waals surface area contributed by atoms with Gasteiger partial charge in [0.25, 0.3) is 0 Å². The van der Waals surface area contributed by atoms with E-state index in [1.165, 1.54) is 77.0 Å². The molecular formula is C21H45BrN2Na2O2. The molecule has 28 heavy (non-hydrogen) atoms. The van der Waals surface area contributed by atoms with Crippen LogP contribution >= 0.6 is 15.9 Å². The van der Waals surface area contributed by atoms with Crippen molar-refractivity contribution >= 4 is 27.9 Å². The maximum Gasteiger partial charge on any atom is 1.00 e. The van der Waals surface area contributed by atoms with Crippen LogP contribution in [0.2, 0.25) is 0 Å². The van der Waals surface area contributed by atoms with Gasteiger partial charge in [0.15, 0.2) is 0 Å². The normalized spacial score (nSPS) is 10.0. The first-order valence-corrected chi connectivity index (χ1v) is 11.5. The molecule has 0 rings (SSSR count). The third-order valence-corrected chi connectivity index (χ3v) is 6.20. The van der Waals surface area contributed by atoms with Gasteiger partial charge in [0, 0.05) is 0 Å². The number of hydrogen-bond donors (Lipinski definition) is 2. The van der Waals surface area contributed by atoms with Crippen molar-refractivity contribution in [2.45, 2.75) is 122 Å². The maximum atomic E-state index is 11.3. The zero-order chi connectivity index (χ0) is 20.3. The second-order valence-electron chi connectivity index (χ2n) is 7.03. The van der Waals surface area contributed by atoms with E-state index in [0.29, 0.717) is 12.8 Å². The van der Waals surface area contributed by atoms with Crippen molar-refractivity contribution in [3.63, 3.8) is 0 Å². The van der Waals surface area contributed by atoms with Crippen molar-refractivity contribution in [3.8, 4) is 0 Å². The predicted molar refractivity (Wildman–Crippen MR) is 119 cm³/mol. The van der Waals surface area contributed by atoms with E-state index in [1.54, 1.807) is 0 Å². The zero-order valence-electron chi connectivity index (χ0n) is 21.7. The van der Waals surface area contributed by atoms with Crippen LogP contribution in [0.1, 0.15) is 120 Å². The van der Waals surface area contributed by atoms with Gasteiger partial charge in [0.1, 0.15) is 4.32 Å². The summed E-state index contributed by atoms with van der Waals surface area (Å²) < 4.78 is -0.665. The second kappa shape index (κ2) is 26.5. The molecule has 0 atom stereocenters. The summed E-state index contributed by atoms with van der Waals surface area (Å²) in [5, 5.41) is 2.04. The number of nitrogens with two attached hydrogens (primary N) is 1. The molecule has 7 heteroatoms. The Morgan fingerprint density at radius 3 is 1.25 bits per heavy atom. The number of carbonyl (C=O) groups excluding carboxylic acids is 2. The molecule has 0 heterocycles. The molecule has 3 N–H and O–H groups in total. The van der Waals surface area contributed by atoms with Gasteiger partial charge in [-0.3, -0.25) is 10.1 Å². The van der Waals surface area contributed by atoms with Gasteiger partial charge in [-0.1, -0.05) is 121 Å². The van der Waals surface area contributed by atoms with Gasteiger partial charge in [-0.15, -0.1) is 0 Å². The molecule has 0 bridgehead atoms. The SMILES string of the molecule is CCC(Br)(CC)C(=O)NC(N)=O.CCCCCCCCCCCCCC.[H-].[H-].[Na+].[Na+]. The smallest absolute Gasteiger partial charge is 1.00 e. The topological polar surface area (TPSA) is 72.2 Å². The van der Waals surface area contributed by atoms with E-state index in [9.17, 15) is 9.59 Å². The first kappa shape index (κ1) is 36.8. The molecule has 0 saturated carbocycles. The third-order valence-electron chi connectivity index (χ3n) is 4.72. The van der Waals surface area contributed by atoms with Gasteiger partial charge in [0.05, 0.1) is 0 Å². The largest absolute Gasteiger partial charge is 1.00 e. The van der Waals surface area contributed by atoms with E-state index >= 15 is 0 Å². The van der Waals surface area contributed by atoms with Crippen LogP contribution in [0.5, 0.6) is 0 Å². The van der Waals surface area contributed by atoms with Crippen molar-refractivity contribution in [3.05, 3.63) is 0 Å². The number of urea groups is 1. The standard InChI is InChI=1S/C14H30.C7H13BrN2O2.2Na.2H/c1-3-5-7-9-11-13-14-12-10-8-6-4-2;1-3-7(8,4-2)5(11)10-6(9)12;;;;/h3-14H2,1-2H3;3-4H2,1-2H3,(H3,9,10,11,12);;;;/q;;2*+1;2*-1. The quantitative estimate of drug-likeness (QED) is 0.221. The first-order valence-electron chi connectivity index (χ1n) is 10.7. The van der Waals surface area contributed by atoms with E-state index in [4.69, 9.17) is 5.73 Å². The number of amides is 3. The molecule has 0 fully saturated rings. The van der Waals surface area contributed by atoms with Crippen molar-refractivity contribution in [2.24, 2.45) is 5.73 Å². The van der Waals surface area contributed by atoms with Crippen LogP contribution in [0.3, 0.4) is 0 Å². The van der Waals surface area contributed by atoms with Gasteiger partial charge >= 0.3 is 65.1 Å². The van der Waals surface area contributed by atoms with Gasteiger partial charge in [-0.05, 0) is 12.8 Å². The number of unbranched alkanes of at least 4 members (excludes halogenated alkanes) is 11. The Hall–Kier alpha value is 1.42. The minimum atomic E-state index is -0.814. The molecule has 3 amide bonds. The zero-order valence-corrected chi connectivity index (χ0v) is 25.3. The summed E-state index contributed by atoms with van der Waals surface area (Å²) >= 11 is 3.26. The van der Waals surface area contributed by atoms with Gasteiger partial charge in [-0.2, -0.15) is 0 Å². The van der Waals surface area contributed by atoms with Gasteiger partial charge in [0.2, 0.25) is 5.91 Å². The molecule has 160 valence electrons. The Kier molecular flexibility index (Phi) is 34.7. The third kappa shape index (κ3) is 23.7. The van der Waals surface area contributed by atoms with Gasteiger partial charge < -0.3 is 8.59 Å². The Bertz CT molecular complexity index is 354. The summed E-state index contributed by atoms with van der Waals surface area (Å²) in [6, 6.07) is -0.814. The fourth-order valence-electron chi connectivity index (χ4n) is 2.71. The Morgan fingerprint density at radius 2 is 1.04 bits per heavy atom. The molecule has 0 unspecified atom stereocenters. The Morgan fingerprint density at radius 1 is 0.750 bits per heavy atom. The first-order chi connectivity index (χ1) is 12.4. The molecular weight excluding hydrogens is 438 g/mol. The molecule has 0 aliphatic carbocycles. The summed E-state index contributed by atoms with van der Waals surface area (Å²) in [6.07, 6.45) is 18.7. The minimum Gasteiger partial charge on any atom is -1.00 e. The van der Waals surface area contributed by atoms with Crippen LogP contribution in [0, 0.1) is 0 Å². The minimum absolute atomic E-state index is 0. The predicted octanol–water partition coefficient (Wildman–Crippen LogP) is 1.08. The van der Waals surface area contributed by atoms with Crippen molar-refractivity contribution < 1.29 is 71.6 Å². The Balaban J connectivity index is -0.0000000854. The van der Waals surface area contributed by atoms with E-state index < -0.39 is 10.4 Å². The summed E-state index contributed by atoms with van der Waals surface area (Å²) in [6.45, 7) is 8.29. The molecule has 0 aromatic carbocycles. The van der Waals surface area contributed by atoms with Crippen LogP contribution in [0.15, 0.2) is 0 Å². The fourth-order valence-corrected chi connectivity index (χ4v) is 2.81. The number of alkyl halides is 1. The molecule has 0 aliphatic rings. The molecule has 0 aromatic heterocycles. The molecule has 0 spiro atoms. The average molecular weight is 483 g/mol. The maximum absolute atomic E-state index is 11.3. The summed E-state index contributed by atoms with van der Waals surface area (Å²) in [4.78, 5) is 21.6. The number of nitrogens with one attached hydrogen (secondary N) is 1. The molecule has 4 nitrogen and oxygen atoms in total. The molecule has 0 radical (unpaired) electrons. The number of carbonyl (C=O) groups is 2. The van der Waals surface area contributed by atoms with Crippen LogP contribution in [0.4, 0.5) is 4.79 Å². The van der Waals surface area contributed by atoms with Crippen LogP contribution in [-0.2, 0) is 4.79 Å². The average Bonchev–Trinajstić information content (AvgIpc) is 2.62. The number of halogens is 1. The van der Waals surface area contributed by atoms with E-state index in [0.717, 1.165) is 0 Å².